The lowest BCUT2D eigenvalue weighted by atomic mass is 10.0. The minimum absolute atomic E-state index is 0.0359. The van der Waals surface area contributed by atoms with E-state index in [1.807, 2.05) is 25.1 Å². The first kappa shape index (κ1) is 15.0. The lowest BCUT2D eigenvalue weighted by Crippen LogP contribution is -2.18. The summed E-state index contributed by atoms with van der Waals surface area (Å²) >= 11 is 0. The summed E-state index contributed by atoms with van der Waals surface area (Å²) in [5.74, 6) is -0.0359. The normalized spacial score (nSPS) is 18.9. The third-order valence-electron chi connectivity index (χ3n) is 4.69. The molecule has 1 amide bonds. The number of rotatable bonds is 3. The maximum atomic E-state index is 12.3. The fraction of sp³-hybridized carbons (Fsp3) is 0.316. The summed E-state index contributed by atoms with van der Waals surface area (Å²) in [6.07, 6.45) is 7.76. The fourth-order valence-corrected chi connectivity index (χ4v) is 3.38. The van der Waals surface area contributed by atoms with Crippen molar-refractivity contribution < 1.29 is 4.79 Å². The molecule has 2 aliphatic rings. The summed E-state index contributed by atoms with van der Waals surface area (Å²) in [5, 5.41) is 2.96. The van der Waals surface area contributed by atoms with Crippen molar-refractivity contribution in [2.75, 3.05) is 13.1 Å². The molecular weight excluding hydrogens is 300 g/mol. The number of carbonyl (C=O) groups is 1. The van der Waals surface area contributed by atoms with Crippen LogP contribution < -0.4 is 5.32 Å². The Bertz CT molecular complexity index is 822. The van der Waals surface area contributed by atoms with Crippen molar-refractivity contribution in [3.05, 3.63) is 58.7 Å². The van der Waals surface area contributed by atoms with Gasteiger partial charge in [0.15, 0.2) is 0 Å². The maximum Gasteiger partial charge on any atom is 0.256 e. The van der Waals surface area contributed by atoms with Gasteiger partial charge in [-0.1, -0.05) is 12.1 Å². The predicted octanol–water partition coefficient (Wildman–Crippen LogP) is 2.62. The van der Waals surface area contributed by atoms with Crippen LogP contribution in [0.5, 0.6) is 0 Å². The molecule has 4 rings (SSSR count). The molecule has 2 aromatic rings. The Morgan fingerprint density at radius 2 is 2.08 bits per heavy atom. The van der Waals surface area contributed by atoms with Gasteiger partial charge in [-0.3, -0.25) is 9.69 Å². The van der Waals surface area contributed by atoms with Crippen molar-refractivity contribution in [2.45, 2.75) is 26.3 Å². The second-order valence-electron chi connectivity index (χ2n) is 6.47. The molecule has 1 aromatic heterocycles. The first-order valence-electron chi connectivity index (χ1n) is 8.36. The number of likely N-dealkylation sites (tertiary alicyclic amines) is 1. The molecule has 122 valence electrons. The average Bonchev–Trinajstić information content (AvgIpc) is 3.19. The third-order valence-corrected chi connectivity index (χ3v) is 4.69. The predicted molar refractivity (Wildman–Crippen MR) is 93.1 cm³/mol. The lowest BCUT2D eigenvalue weighted by Gasteiger charge is -2.14. The first-order chi connectivity index (χ1) is 11.7. The van der Waals surface area contributed by atoms with E-state index in [2.05, 4.69) is 26.3 Å². The molecule has 1 aromatic carbocycles. The van der Waals surface area contributed by atoms with Gasteiger partial charge >= 0.3 is 0 Å². The van der Waals surface area contributed by atoms with Gasteiger partial charge in [0.2, 0.25) is 0 Å². The van der Waals surface area contributed by atoms with Gasteiger partial charge in [-0.05, 0) is 56.1 Å². The molecule has 3 heterocycles. The number of amides is 1. The highest BCUT2D eigenvalue weighted by atomic mass is 16.1. The number of nitrogens with one attached hydrogen (secondary N) is 1. The maximum absolute atomic E-state index is 12.3. The summed E-state index contributed by atoms with van der Waals surface area (Å²) in [4.78, 5) is 23.1. The van der Waals surface area contributed by atoms with Crippen molar-refractivity contribution in [3.63, 3.8) is 0 Å². The van der Waals surface area contributed by atoms with Gasteiger partial charge < -0.3 is 5.32 Å². The molecule has 0 atom stereocenters. The highest BCUT2D eigenvalue weighted by molar-refractivity contribution is 6.11. The molecule has 1 fully saturated rings. The van der Waals surface area contributed by atoms with Crippen LogP contribution >= 0.6 is 0 Å². The van der Waals surface area contributed by atoms with Crippen LogP contribution in [-0.2, 0) is 6.54 Å². The molecule has 0 radical (unpaired) electrons. The molecule has 0 bridgehead atoms. The van der Waals surface area contributed by atoms with Crippen LogP contribution in [0, 0.1) is 6.92 Å². The Morgan fingerprint density at radius 3 is 2.88 bits per heavy atom. The average molecular weight is 320 g/mol. The van der Waals surface area contributed by atoms with Gasteiger partial charge in [-0.2, -0.15) is 0 Å². The number of carbonyl (C=O) groups excluding carboxylic acids is 1. The van der Waals surface area contributed by atoms with Crippen LogP contribution in [0.15, 0.2) is 30.7 Å². The lowest BCUT2D eigenvalue weighted by molar-refractivity contribution is 0.0981. The highest BCUT2D eigenvalue weighted by Gasteiger charge is 2.24. The molecule has 1 saturated heterocycles. The Balaban J connectivity index is 1.64. The van der Waals surface area contributed by atoms with E-state index in [0.29, 0.717) is 0 Å². The Kier molecular flexibility index (Phi) is 3.86. The van der Waals surface area contributed by atoms with Gasteiger partial charge in [0.1, 0.15) is 6.33 Å². The molecule has 0 unspecified atom stereocenters. The Morgan fingerprint density at radius 1 is 1.25 bits per heavy atom. The highest BCUT2D eigenvalue weighted by Crippen LogP contribution is 2.28. The number of aryl methyl sites for hydroxylation is 1. The number of nitrogens with zero attached hydrogens (tertiary/aromatic N) is 3. The minimum atomic E-state index is -0.0359. The number of benzene rings is 1. The van der Waals surface area contributed by atoms with E-state index < -0.39 is 0 Å². The van der Waals surface area contributed by atoms with Gasteiger partial charge in [0.25, 0.3) is 5.91 Å². The van der Waals surface area contributed by atoms with E-state index in [0.717, 1.165) is 47.7 Å². The van der Waals surface area contributed by atoms with Crippen LogP contribution in [0.2, 0.25) is 0 Å². The molecule has 1 N–H and O–H groups in total. The Labute approximate surface area is 141 Å². The summed E-state index contributed by atoms with van der Waals surface area (Å²) < 4.78 is 0. The zero-order chi connectivity index (χ0) is 16.5. The number of aromatic nitrogens is 2. The molecule has 0 aliphatic carbocycles. The Hall–Kier alpha value is -2.53. The van der Waals surface area contributed by atoms with Gasteiger partial charge in [-0.25, -0.2) is 9.97 Å². The number of hydrogen-bond donors (Lipinski definition) is 1. The van der Waals surface area contributed by atoms with E-state index in [1.165, 1.54) is 24.7 Å². The summed E-state index contributed by atoms with van der Waals surface area (Å²) in [6.45, 7) is 5.19. The molecule has 5 heteroatoms. The van der Waals surface area contributed by atoms with Crippen LogP contribution in [-0.4, -0.2) is 33.9 Å². The van der Waals surface area contributed by atoms with Crippen molar-refractivity contribution in [3.8, 4) is 0 Å². The van der Waals surface area contributed by atoms with Crippen molar-refractivity contribution >= 4 is 17.7 Å². The van der Waals surface area contributed by atoms with Gasteiger partial charge in [-0.15, -0.1) is 0 Å². The largest absolute Gasteiger partial charge is 0.321 e. The van der Waals surface area contributed by atoms with Crippen molar-refractivity contribution in [1.29, 1.82) is 0 Å². The summed E-state index contributed by atoms with van der Waals surface area (Å²) in [6, 6.07) is 6.19. The van der Waals surface area contributed by atoms with E-state index in [-0.39, 0.29) is 5.91 Å². The molecule has 2 aliphatic heterocycles. The van der Waals surface area contributed by atoms with Crippen molar-refractivity contribution in [2.24, 2.45) is 0 Å². The van der Waals surface area contributed by atoms with Crippen LogP contribution in [0.1, 0.15) is 45.6 Å². The minimum Gasteiger partial charge on any atom is -0.321 e. The van der Waals surface area contributed by atoms with Crippen LogP contribution in [0.4, 0.5) is 0 Å². The zero-order valence-corrected chi connectivity index (χ0v) is 13.7. The molecule has 5 nitrogen and oxygen atoms in total. The topological polar surface area (TPSA) is 58.1 Å². The van der Waals surface area contributed by atoms with E-state index in [4.69, 9.17) is 0 Å². The SMILES string of the molecule is Cc1cncnc1/C=C1/NC(=O)c2cc(CN3CCCC3)ccc21. The fourth-order valence-electron chi connectivity index (χ4n) is 3.38. The quantitative estimate of drug-likeness (QED) is 0.944. The van der Waals surface area contributed by atoms with Gasteiger partial charge in [0, 0.05) is 23.9 Å². The number of hydrogen-bond acceptors (Lipinski definition) is 4. The van der Waals surface area contributed by atoms with Crippen LogP contribution in [0.25, 0.3) is 11.8 Å². The zero-order valence-electron chi connectivity index (χ0n) is 13.7. The van der Waals surface area contributed by atoms with E-state index >= 15 is 0 Å². The smallest absolute Gasteiger partial charge is 0.256 e. The standard InChI is InChI=1S/C19H20N4O/c1-13-10-20-12-21-17(13)9-18-15-5-4-14(8-16(15)19(24)22-18)11-23-6-2-3-7-23/h4-5,8-10,12H,2-3,6-7,11H2,1H3,(H,22,24)/b18-9+. The number of fused-ring (bicyclic) bond motifs is 1. The summed E-state index contributed by atoms with van der Waals surface area (Å²) in [7, 11) is 0. The van der Waals surface area contributed by atoms with Crippen LogP contribution in [0.3, 0.4) is 0 Å². The first-order valence-corrected chi connectivity index (χ1v) is 8.36. The monoisotopic (exact) mass is 320 g/mol. The molecule has 0 spiro atoms. The van der Waals surface area contributed by atoms with E-state index in [9.17, 15) is 4.79 Å². The second kappa shape index (κ2) is 6.17. The molecule has 24 heavy (non-hydrogen) atoms. The van der Waals surface area contributed by atoms with E-state index in [1.54, 1.807) is 6.20 Å². The second-order valence-corrected chi connectivity index (χ2v) is 6.47. The van der Waals surface area contributed by atoms with Crippen molar-refractivity contribution in [1.82, 2.24) is 20.2 Å². The third kappa shape index (κ3) is 2.83. The molecule has 0 saturated carbocycles. The molecular formula is C19H20N4O. The summed E-state index contributed by atoms with van der Waals surface area (Å²) in [5.41, 5.74) is 5.52. The van der Waals surface area contributed by atoms with Gasteiger partial charge in [0.05, 0.1) is 11.4 Å².